The third-order valence-electron chi connectivity index (χ3n) is 5.91. The van der Waals surface area contributed by atoms with Crippen molar-refractivity contribution in [3.8, 4) is 28.6 Å². The van der Waals surface area contributed by atoms with Crippen molar-refractivity contribution in [2.24, 2.45) is 0 Å². The maximum Gasteiger partial charge on any atom is 0.336 e. The number of ether oxygens (including phenoxy) is 2. The summed E-state index contributed by atoms with van der Waals surface area (Å²) < 4.78 is 18.9. The molecule has 35 heavy (non-hydrogen) atoms. The van der Waals surface area contributed by atoms with Crippen LogP contribution in [-0.2, 0) is 6.54 Å². The fraction of sp³-hybridized carbons (Fsp3) is 0.154. The standard InChI is InChI=1S/C26H20N4O5/c1-15-9-16(2)11-18(10-15)30-25(31)19-5-3-4-6-20(19)29(26(30)32)13-23-27-24(28-35-23)17-7-8-21-22(12-17)34-14-33-21/h3-12H,13-14H2,1-2H3. The van der Waals surface area contributed by atoms with Gasteiger partial charge in [-0.1, -0.05) is 23.4 Å². The Kier molecular flexibility index (Phi) is 4.77. The SMILES string of the molecule is Cc1cc(C)cc(-n2c(=O)c3ccccc3n(Cc3nc(-c4ccc5c(c4)OCO5)no3)c2=O)c1. The summed E-state index contributed by atoms with van der Waals surface area (Å²) in [5.41, 5.74) is 2.75. The lowest BCUT2D eigenvalue weighted by Crippen LogP contribution is -2.39. The molecule has 0 radical (unpaired) electrons. The van der Waals surface area contributed by atoms with Crippen LogP contribution in [0, 0.1) is 13.8 Å². The number of aromatic nitrogens is 4. The molecule has 0 N–H and O–H groups in total. The number of para-hydroxylation sites is 1. The second kappa shape index (κ2) is 7.98. The maximum absolute atomic E-state index is 13.6. The summed E-state index contributed by atoms with van der Waals surface area (Å²) in [6, 6.07) is 18.0. The van der Waals surface area contributed by atoms with Gasteiger partial charge in [0.05, 0.1) is 16.6 Å². The van der Waals surface area contributed by atoms with Gasteiger partial charge in [0.2, 0.25) is 18.5 Å². The Labute approximate surface area is 198 Å². The quantitative estimate of drug-likeness (QED) is 0.397. The summed E-state index contributed by atoms with van der Waals surface area (Å²) in [6.45, 7) is 4.03. The molecule has 3 aromatic carbocycles. The van der Waals surface area contributed by atoms with Gasteiger partial charge in [-0.15, -0.1) is 0 Å². The Balaban J connectivity index is 1.47. The van der Waals surface area contributed by atoms with Gasteiger partial charge in [-0.25, -0.2) is 9.36 Å². The smallest absolute Gasteiger partial charge is 0.336 e. The van der Waals surface area contributed by atoms with Crippen molar-refractivity contribution in [3.05, 3.63) is 98.5 Å². The third-order valence-corrected chi connectivity index (χ3v) is 5.91. The molecule has 2 aromatic heterocycles. The Bertz CT molecular complexity index is 1710. The lowest BCUT2D eigenvalue weighted by Gasteiger charge is -2.13. The van der Waals surface area contributed by atoms with Crippen LogP contribution < -0.4 is 20.7 Å². The van der Waals surface area contributed by atoms with Crippen molar-refractivity contribution in [1.29, 1.82) is 0 Å². The minimum absolute atomic E-state index is 0.00196. The van der Waals surface area contributed by atoms with Crippen LogP contribution >= 0.6 is 0 Å². The Morgan fingerprint density at radius 1 is 0.914 bits per heavy atom. The van der Waals surface area contributed by atoms with Gasteiger partial charge in [-0.3, -0.25) is 9.36 Å². The molecule has 0 fully saturated rings. The molecule has 9 heteroatoms. The zero-order valence-electron chi connectivity index (χ0n) is 19.0. The molecule has 0 bridgehead atoms. The zero-order chi connectivity index (χ0) is 24.1. The van der Waals surface area contributed by atoms with E-state index in [4.69, 9.17) is 14.0 Å². The molecule has 6 rings (SSSR count). The van der Waals surface area contributed by atoms with Crippen LogP contribution in [0.2, 0.25) is 0 Å². The highest BCUT2D eigenvalue weighted by Crippen LogP contribution is 2.35. The summed E-state index contributed by atoms with van der Waals surface area (Å²) in [4.78, 5) is 31.5. The van der Waals surface area contributed by atoms with Gasteiger partial charge in [0, 0.05) is 5.56 Å². The average Bonchev–Trinajstić information content (AvgIpc) is 3.50. The Morgan fingerprint density at radius 2 is 1.69 bits per heavy atom. The van der Waals surface area contributed by atoms with E-state index in [1.54, 1.807) is 36.4 Å². The molecule has 0 aliphatic carbocycles. The first-order chi connectivity index (χ1) is 17.0. The first kappa shape index (κ1) is 20.9. The van der Waals surface area contributed by atoms with Gasteiger partial charge < -0.3 is 14.0 Å². The van der Waals surface area contributed by atoms with Crippen LogP contribution in [0.3, 0.4) is 0 Å². The fourth-order valence-corrected chi connectivity index (χ4v) is 4.39. The van der Waals surface area contributed by atoms with Crippen molar-refractivity contribution < 1.29 is 14.0 Å². The molecule has 174 valence electrons. The highest BCUT2D eigenvalue weighted by molar-refractivity contribution is 5.78. The number of nitrogens with zero attached hydrogens (tertiary/aromatic N) is 4. The summed E-state index contributed by atoms with van der Waals surface area (Å²) in [5.74, 6) is 1.86. The lowest BCUT2D eigenvalue weighted by molar-refractivity contribution is 0.174. The van der Waals surface area contributed by atoms with E-state index in [0.29, 0.717) is 39.5 Å². The van der Waals surface area contributed by atoms with Gasteiger partial charge in [-0.2, -0.15) is 4.98 Å². The summed E-state index contributed by atoms with van der Waals surface area (Å²) in [7, 11) is 0. The number of rotatable bonds is 4. The van der Waals surface area contributed by atoms with E-state index in [0.717, 1.165) is 11.1 Å². The molecule has 5 aromatic rings. The van der Waals surface area contributed by atoms with Gasteiger partial charge in [0.15, 0.2) is 11.5 Å². The molecule has 0 saturated heterocycles. The largest absolute Gasteiger partial charge is 0.454 e. The summed E-state index contributed by atoms with van der Waals surface area (Å²) >= 11 is 0. The van der Waals surface area contributed by atoms with E-state index >= 15 is 0 Å². The molecule has 0 unspecified atom stereocenters. The van der Waals surface area contributed by atoms with E-state index in [1.807, 2.05) is 38.1 Å². The molecule has 0 amide bonds. The summed E-state index contributed by atoms with van der Waals surface area (Å²) in [6.07, 6.45) is 0. The molecular formula is C26H20N4O5. The van der Waals surface area contributed by atoms with Crippen LogP contribution in [-0.4, -0.2) is 26.1 Å². The van der Waals surface area contributed by atoms with Crippen molar-refractivity contribution >= 4 is 10.9 Å². The normalized spacial score (nSPS) is 12.4. The first-order valence-corrected chi connectivity index (χ1v) is 11.0. The van der Waals surface area contributed by atoms with Crippen molar-refractivity contribution in [2.75, 3.05) is 6.79 Å². The van der Waals surface area contributed by atoms with E-state index in [1.165, 1.54) is 9.13 Å². The molecule has 1 aliphatic rings. The topological polar surface area (TPSA) is 101 Å². The fourth-order valence-electron chi connectivity index (χ4n) is 4.39. The predicted octanol–water partition coefficient (Wildman–Crippen LogP) is 3.60. The number of hydrogen-bond donors (Lipinski definition) is 0. The molecule has 3 heterocycles. The number of benzene rings is 3. The van der Waals surface area contributed by atoms with Crippen LogP contribution in [0.4, 0.5) is 0 Å². The third kappa shape index (κ3) is 3.57. The second-order valence-electron chi connectivity index (χ2n) is 8.45. The van der Waals surface area contributed by atoms with E-state index in [-0.39, 0.29) is 24.8 Å². The highest BCUT2D eigenvalue weighted by atomic mass is 16.7. The maximum atomic E-state index is 13.6. The summed E-state index contributed by atoms with van der Waals surface area (Å²) in [5, 5.41) is 4.49. The van der Waals surface area contributed by atoms with Crippen LogP contribution in [0.15, 0.2) is 74.8 Å². The molecule has 0 spiro atoms. The molecule has 9 nitrogen and oxygen atoms in total. The molecular weight excluding hydrogens is 448 g/mol. The van der Waals surface area contributed by atoms with Gasteiger partial charge in [-0.05, 0) is 67.4 Å². The first-order valence-electron chi connectivity index (χ1n) is 11.0. The van der Waals surface area contributed by atoms with Crippen molar-refractivity contribution in [1.82, 2.24) is 19.3 Å². The number of hydrogen-bond acceptors (Lipinski definition) is 7. The molecule has 0 atom stereocenters. The minimum atomic E-state index is -0.485. The minimum Gasteiger partial charge on any atom is -0.454 e. The molecule has 0 saturated carbocycles. The van der Waals surface area contributed by atoms with E-state index in [9.17, 15) is 9.59 Å². The van der Waals surface area contributed by atoms with Crippen molar-refractivity contribution in [2.45, 2.75) is 20.4 Å². The zero-order valence-corrected chi connectivity index (χ0v) is 19.0. The highest BCUT2D eigenvalue weighted by Gasteiger charge is 2.19. The Hall–Kier alpha value is -4.66. The van der Waals surface area contributed by atoms with E-state index in [2.05, 4.69) is 10.1 Å². The lowest BCUT2D eigenvalue weighted by atomic mass is 10.1. The van der Waals surface area contributed by atoms with E-state index < -0.39 is 5.69 Å². The van der Waals surface area contributed by atoms with Crippen LogP contribution in [0.1, 0.15) is 17.0 Å². The van der Waals surface area contributed by atoms with Crippen LogP contribution in [0.5, 0.6) is 11.5 Å². The van der Waals surface area contributed by atoms with Gasteiger partial charge >= 0.3 is 5.69 Å². The Morgan fingerprint density at radius 3 is 2.51 bits per heavy atom. The molecule has 1 aliphatic heterocycles. The van der Waals surface area contributed by atoms with Crippen molar-refractivity contribution in [3.63, 3.8) is 0 Å². The number of aryl methyl sites for hydroxylation is 2. The van der Waals surface area contributed by atoms with Crippen LogP contribution in [0.25, 0.3) is 28.0 Å². The predicted molar refractivity (Wildman–Crippen MR) is 128 cm³/mol. The van der Waals surface area contributed by atoms with Gasteiger partial charge in [0.1, 0.15) is 6.54 Å². The van der Waals surface area contributed by atoms with Gasteiger partial charge in [0.25, 0.3) is 5.56 Å². The monoisotopic (exact) mass is 468 g/mol. The second-order valence-corrected chi connectivity index (χ2v) is 8.45. The average molecular weight is 468 g/mol. The number of fused-ring (bicyclic) bond motifs is 2.